The van der Waals surface area contributed by atoms with Gasteiger partial charge in [-0.15, -0.1) is 0 Å². The molecule has 3 N–H and O–H groups in total. The number of benzene rings is 2. The van der Waals surface area contributed by atoms with Crippen molar-refractivity contribution in [3.63, 3.8) is 0 Å². The molecule has 172 valence electrons. The maximum absolute atomic E-state index is 13.4. The van der Waals surface area contributed by atoms with Crippen LogP contribution in [-0.2, 0) is 19.1 Å². The average Bonchev–Trinajstić information content (AvgIpc) is 3.54. The number of amides is 2. The zero-order valence-corrected chi connectivity index (χ0v) is 19.3. The van der Waals surface area contributed by atoms with E-state index in [2.05, 4.69) is 11.4 Å². The summed E-state index contributed by atoms with van der Waals surface area (Å²) in [6.07, 6.45) is 0.976. The van der Waals surface area contributed by atoms with Gasteiger partial charge in [0.15, 0.2) is 0 Å². The molecular formula is C25H33N3O4. The smallest absolute Gasteiger partial charge is 0.307 e. The molecule has 0 aliphatic heterocycles. The molecule has 1 saturated carbocycles. The maximum Gasteiger partial charge on any atom is 0.307 e. The summed E-state index contributed by atoms with van der Waals surface area (Å²) in [7, 11) is 2.87. The van der Waals surface area contributed by atoms with E-state index in [9.17, 15) is 14.4 Å². The summed E-state index contributed by atoms with van der Waals surface area (Å²) < 4.78 is 4.78. The average molecular weight is 440 g/mol. The lowest BCUT2D eigenvalue weighted by molar-refractivity contribution is -0.147. The number of nitrogens with two attached hydrogens (primary N) is 1. The summed E-state index contributed by atoms with van der Waals surface area (Å²) in [4.78, 5) is 40.0. The first-order valence-electron chi connectivity index (χ1n) is 11.1. The topological polar surface area (TPSA) is 102 Å². The second kappa shape index (κ2) is 9.69. The summed E-state index contributed by atoms with van der Waals surface area (Å²) in [6, 6.07) is 13.4. The summed E-state index contributed by atoms with van der Waals surface area (Å²) in [5, 5.41) is 4.92. The molecule has 32 heavy (non-hydrogen) atoms. The van der Waals surface area contributed by atoms with Gasteiger partial charge in [-0.05, 0) is 35.1 Å². The van der Waals surface area contributed by atoms with E-state index in [0.717, 1.165) is 16.3 Å². The molecular weight excluding hydrogens is 406 g/mol. The molecule has 7 heteroatoms. The quantitative estimate of drug-likeness (QED) is 0.585. The zero-order chi connectivity index (χ0) is 23.5. The standard InChI is InChI=1S/C25H33N3O4/c1-16(2)13-21(26)23(30)28(12-11-22(29)32-4)25(24(31)27-3)15-20(25)19-10-9-17-7-5-6-8-18(17)14-19/h5-10,14,16,20-21H,11-13,15,26H2,1-4H3,(H,27,31)/t20-,21-,25?/m0/s1. The third-order valence-corrected chi connectivity index (χ3v) is 6.29. The number of ether oxygens (including phenoxy) is 1. The van der Waals surface area contributed by atoms with Gasteiger partial charge < -0.3 is 20.7 Å². The molecule has 1 aliphatic carbocycles. The maximum atomic E-state index is 13.4. The Labute approximate surface area is 189 Å². The fraction of sp³-hybridized carbons (Fsp3) is 0.480. The highest BCUT2D eigenvalue weighted by atomic mass is 16.5. The predicted molar refractivity (Wildman–Crippen MR) is 124 cm³/mol. The molecule has 0 heterocycles. The van der Waals surface area contributed by atoms with E-state index in [1.807, 2.05) is 50.2 Å². The lowest BCUT2D eigenvalue weighted by Gasteiger charge is -2.34. The zero-order valence-electron chi connectivity index (χ0n) is 19.3. The summed E-state index contributed by atoms with van der Waals surface area (Å²) >= 11 is 0. The van der Waals surface area contributed by atoms with Crippen molar-refractivity contribution in [3.8, 4) is 0 Å². The predicted octanol–water partition coefficient (Wildman–Crippen LogP) is 2.58. The molecule has 2 aromatic rings. The monoisotopic (exact) mass is 439 g/mol. The van der Waals surface area contributed by atoms with Crippen LogP contribution in [-0.4, -0.2) is 55.0 Å². The third kappa shape index (κ3) is 4.63. The number of likely N-dealkylation sites (N-methyl/N-ethyl adjacent to an activating group) is 1. The van der Waals surface area contributed by atoms with Gasteiger partial charge in [0.1, 0.15) is 5.54 Å². The van der Waals surface area contributed by atoms with Gasteiger partial charge in [0.05, 0.1) is 19.6 Å². The number of esters is 1. The first-order valence-corrected chi connectivity index (χ1v) is 11.1. The minimum atomic E-state index is -1.07. The van der Waals surface area contributed by atoms with Crippen LogP contribution >= 0.6 is 0 Å². The van der Waals surface area contributed by atoms with E-state index in [4.69, 9.17) is 10.5 Å². The first-order chi connectivity index (χ1) is 15.2. The van der Waals surface area contributed by atoms with Crippen LogP contribution in [0.3, 0.4) is 0 Å². The highest BCUT2D eigenvalue weighted by Crippen LogP contribution is 2.56. The number of fused-ring (bicyclic) bond motifs is 1. The van der Waals surface area contributed by atoms with Gasteiger partial charge in [-0.25, -0.2) is 0 Å². The molecule has 0 aromatic heterocycles. The van der Waals surface area contributed by atoms with Crippen molar-refractivity contribution in [1.82, 2.24) is 10.2 Å². The second-order valence-electron chi connectivity index (χ2n) is 8.92. The largest absolute Gasteiger partial charge is 0.469 e. The van der Waals surface area contributed by atoms with Crippen LogP contribution in [0.5, 0.6) is 0 Å². The molecule has 0 bridgehead atoms. The van der Waals surface area contributed by atoms with Crippen LogP contribution in [0.1, 0.15) is 44.6 Å². The van der Waals surface area contributed by atoms with Gasteiger partial charge in [0.2, 0.25) is 11.8 Å². The van der Waals surface area contributed by atoms with E-state index in [1.54, 1.807) is 7.05 Å². The number of hydrogen-bond donors (Lipinski definition) is 2. The van der Waals surface area contributed by atoms with Gasteiger partial charge in [0, 0.05) is 19.5 Å². The molecule has 2 aromatic carbocycles. The van der Waals surface area contributed by atoms with Crippen molar-refractivity contribution in [2.45, 2.75) is 50.6 Å². The van der Waals surface area contributed by atoms with Crippen LogP contribution in [0.4, 0.5) is 0 Å². The number of carbonyl (C=O) groups excluding carboxylic acids is 3. The lowest BCUT2D eigenvalue weighted by Crippen LogP contribution is -2.57. The van der Waals surface area contributed by atoms with E-state index < -0.39 is 17.6 Å². The highest BCUT2D eigenvalue weighted by molar-refractivity contribution is 5.97. The Bertz CT molecular complexity index is 1010. The minimum Gasteiger partial charge on any atom is -0.469 e. The van der Waals surface area contributed by atoms with Crippen LogP contribution in [0.2, 0.25) is 0 Å². The van der Waals surface area contributed by atoms with E-state index >= 15 is 0 Å². The van der Waals surface area contributed by atoms with Crippen LogP contribution < -0.4 is 11.1 Å². The number of rotatable bonds is 9. The molecule has 3 atom stereocenters. The van der Waals surface area contributed by atoms with E-state index in [0.29, 0.717) is 12.8 Å². The van der Waals surface area contributed by atoms with Gasteiger partial charge in [0.25, 0.3) is 0 Å². The Balaban J connectivity index is 1.99. The minimum absolute atomic E-state index is 0.000175. The number of methoxy groups -OCH3 is 1. The van der Waals surface area contributed by atoms with Gasteiger partial charge in [-0.1, -0.05) is 56.3 Å². The van der Waals surface area contributed by atoms with E-state index in [-0.39, 0.29) is 36.6 Å². The fourth-order valence-electron chi connectivity index (χ4n) is 4.58. The summed E-state index contributed by atoms with van der Waals surface area (Å²) in [5.41, 5.74) is 6.16. The Morgan fingerprint density at radius 1 is 1.19 bits per heavy atom. The van der Waals surface area contributed by atoms with Crippen LogP contribution in [0.15, 0.2) is 42.5 Å². The molecule has 0 radical (unpaired) electrons. The SMILES string of the molecule is CNC(=O)C1(N(CCC(=O)OC)C(=O)[C@@H](N)CC(C)C)C[C@H]1c1ccc2ccccc2c1. The summed E-state index contributed by atoms with van der Waals surface area (Å²) in [5.74, 6) is -0.946. The summed E-state index contributed by atoms with van der Waals surface area (Å²) in [6.45, 7) is 4.07. The fourth-order valence-corrected chi connectivity index (χ4v) is 4.58. The molecule has 0 saturated heterocycles. The Kier molecular flexibility index (Phi) is 7.19. The van der Waals surface area contributed by atoms with E-state index in [1.165, 1.54) is 12.0 Å². The van der Waals surface area contributed by atoms with Crippen molar-refractivity contribution in [1.29, 1.82) is 0 Å². The number of hydrogen-bond acceptors (Lipinski definition) is 5. The second-order valence-corrected chi connectivity index (χ2v) is 8.92. The highest BCUT2D eigenvalue weighted by Gasteiger charge is 2.65. The molecule has 1 fully saturated rings. The van der Waals surface area contributed by atoms with Gasteiger partial charge in [-0.3, -0.25) is 14.4 Å². The molecule has 1 unspecified atom stereocenters. The molecule has 7 nitrogen and oxygen atoms in total. The van der Waals surface area contributed by atoms with Crippen molar-refractivity contribution in [2.75, 3.05) is 20.7 Å². The Morgan fingerprint density at radius 3 is 2.50 bits per heavy atom. The van der Waals surface area contributed by atoms with Crippen LogP contribution in [0.25, 0.3) is 10.8 Å². The molecule has 3 rings (SSSR count). The lowest BCUT2D eigenvalue weighted by atomic mass is 9.98. The third-order valence-electron chi connectivity index (χ3n) is 6.29. The Morgan fingerprint density at radius 2 is 1.88 bits per heavy atom. The molecule has 0 spiro atoms. The van der Waals surface area contributed by atoms with Gasteiger partial charge in [-0.2, -0.15) is 0 Å². The number of nitrogens with one attached hydrogen (secondary N) is 1. The van der Waals surface area contributed by atoms with Crippen molar-refractivity contribution in [2.24, 2.45) is 11.7 Å². The Hall–Kier alpha value is -2.93. The van der Waals surface area contributed by atoms with Crippen LogP contribution in [0, 0.1) is 5.92 Å². The van der Waals surface area contributed by atoms with Gasteiger partial charge >= 0.3 is 5.97 Å². The normalized spacial score (nSPS) is 20.6. The van der Waals surface area contributed by atoms with Crippen molar-refractivity contribution < 1.29 is 19.1 Å². The van der Waals surface area contributed by atoms with Crippen molar-refractivity contribution >= 4 is 28.6 Å². The number of carbonyl (C=O) groups is 3. The van der Waals surface area contributed by atoms with Crippen molar-refractivity contribution in [3.05, 3.63) is 48.0 Å². The first kappa shape index (κ1) is 23.7. The number of nitrogens with zero attached hydrogens (tertiary/aromatic N) is 1. The molecule has 1 aliphatic rings. The molecule has 2 amide bonds.